The lowest BCUT2D eigenvalue weighted by atomic mass is 10.2. The van der Waals surface area contributed by atoms with E-state index in [0.29, 0.717) is 13.0 Å². The molecule has 0 saturated heterocycles. The number of hydrogen-bond acceptors (Lipinski definition) is 4. The van der Waals surface area contributed by atoms with Crippen molar-refractivity contribution < 1.29 is 14.7 Å². The highest BCUT2D eigenvalue weighted by molar-refractivity contribution is 7.15. The second kappa shape index (κ2) is 7.27. The van der Waals surface area contributed by atoms with E-state index in [2.05, 4.69) is 10.3 Å². The Bertz CT molecular complexity index is 854. The topological polar surface area (TPSA) is 83.7 Å². The van der Waals surface area contributed by atoms with Crippen LogP contribution in [0.5, 0.6) is 0 Å². The summed E-state index contributed by atoms with van der Waals surface area (Å²) in [6, 6.07) is 9.90. The normalized spacial score (nSPS) is 10.8. The Morgan fingerprint density at radius 1 is 1.25 bits per heavy atom. The first-order valence-electron chi connectivity index (χ1n) is 7.63. The first-order chi connectivity index (χ1) is 11.6. The Labute approximate surface area is 142 Å². The number of thiazole rings is 1. The van der Waals surface area contributed by atoms with Gasteiger partial charge < -0.3 is 10.4 Å². The number of hydrogen-bond donors (Lipinski definition) is 2. The number of nitrogens with zero attached hydrogens (tertiary/aromatic N) is 2. The third-order valence-electron chi connectivity index (χ3n) is 3.58. The van der Waals surface area contributed by atoms with E-state index in [9.17, 15) is 9.59 Å². The molecule has 0 fully saturated rings. The number of aliphatic carboxylic acids is 1. The van der Waals surface area contributed by atoms with Gasteiger partial charge in [-0.25, -0.2) is 4.98 Å². The zero-order valence-electron chi connectivity index (χ0n) is 12.9. The fraction of sp³-hybridized carbons (Fsp3) is 0.235. The number of imidazole rings is 1. The molecule has 0 aliphatic carbocycles. The molecule has 0 bridgehead atoms. The van der Waals surface area contributed by atoms with E-state index in [-0.39, 0.29) is 18.7 Å². The Balaban J connectivity index is 1.66. The zero-order chi connectivity index (χ0) is 16.9. The number of carboxylic acids is 1. The fourth-order valence-corrected chi connectivity index (χ4v) is 3.27. The minimum absolute atomic E-state index is 0.0604. The number of carbonyl (C=O) groups excluding carboxylic acids is 1. The fourth-order valence-electron chi connectivity index (χ4n) is 2.40. The van der Waals surface area contributed by atoms with Gasteiger partial charge in [-0.15, -0.1) is 11.3 Å². The second-order valence-electron chi connectivity index (χ2n) is 5.40. The van der Waals surface area contributed by atoms with Gasteiger partial charge in [-0.05, 0) is 6.42 Å². The number of aromatic nitrogens is 2. The van der Waals surface area contributed by atoms with E-state index in [0.717, 1.165) is 21.9 Å². The monoisotopic (exact) mass is 343 g/mol. The first-order valence-corrected chi connectivity index (χ1v) is 8.51. The summed E-state index contributed by atoms with van der Waals surface area (Å²) in [5.41, 5.74) is 2.79. The predicted octanol–water partition coefficient (Wildman–Crippen LogP) is 2.59. The van der Waals surface area contributed by atoms with Crippen molar-refractivity contribution in [2.24, 2.45) is 0 Å². The molecule has 124 valence electrons. The summed E-state index contributed by atoms with van der Waals surface area (Å²) in [6.45, 7) is 0.373. The number of benzene rings is 1. The van der Waals surface area contributed by atoms with Gasteiger partial charge in [-0.3, -0.25) is 14.0 Å². The van der Waals surface area contributed by atoms with Crippen molar-refractivity contribution in [3.05, 3.63) is 47.6 Å². The van der Waals surface area contributed by atoms with E-state index in [1.165, 1.54) is 11.3 Å². The van der Waals surface area contributed by atoms with Gasteiger partial charge in [-0.1, -0.05) is 30.3 Å². The summed E-state index contributed by atoms with van der Waals surface area (Å²) in [6.07, 6.45) is 2.68. The minimum Gasteiger partial charge on any atom is -0.481 e. The van der Waals surface area contributed by atoms with E-state index < -0.39 is 5.97 Å². The van der Waals surface area contributed by atoms with Gasteiger partial charge in [0.25, 0.3) is 0 Å². The summed E-state index contributed by atoms with van der Waals surface area (Å²) < 4.78 is 1.93. The number of carboxylic acid groups (broad SMARTS) is 1. The minimum atomic E-state index is -0.851. The molecule has 6 nitrogen and oxygen atoms in total. The lowest BCUT2D eigenvalue weighted by Crippen LogP contribution is -2.26. The van der Waals surface area contributed by atoms with Gasteiger partial charge in [0, 0.05) is 35.8 Å². The van der Waals surface area contributed by atoms with Crippen LogP contribution in [0.15, 0.2) is 41.9 Å². The molecule has 0 aliphatic rings. The summed E-state index contributed by atoms with van der Waals surface area (Å²) in [5, 5.41) is 13.3. The summed E-state index contributed by atoms with van der Waals surface area (Å²) in [7, 11) is 0. The SMILES string of the molecule is O=C(O)CCCNC(=O)Cc1csc2nc(-c3ccccc3)cn12. The Morgan fingerprint density at radius 3 is 2.79 bits per heavy atom. The van der Waals surface area contributed by atoms with Crippen molar-refractivity contribution in [2.75, 3.05) is 6.54 Å². The average molecular weight is 343 g/mol. The molecule has 0 unspecified atom stereocenters. The number of nitrogens with one attached hydrogen (secondary N) is 1. The second-order valence-corrected chi connectivity index (χ2v) is 6.23. The van der Waals surface area contributed by atoms with Crippen LogP contribution in [-0.2, 0) is 16.0 Å². The zero-order valence-corrected chi connectivity index (χ0v) is 13.8. The number of fused-ring (bicyclic) bond motifs is 1. The largest absolute Gasteiger partial charge is 0.481 e. The van der Waals surface area contributed by atoms with E-state index >= 15 is 0 Å². The highest BCUT2D eigenvalue weighted by atomic mass is 32.1. The molecule has 3 aromatic rings. The van der Waals surface area contributed by atoms with Crippen molar-refractivity contribution in [3.63, 3.8) is 0 Å². The average Bonchev–Trinajstić information content (AvgIpc) is 3.14. The van der Waals surface area contributed by atoms with Crippen molar-refractivity contribution in [1.29, 1.82) is 0 Å². The molecule has 1 amide bonds. The molecule has 0 saturated carbocycles. The van der Waals surface area contributed by atoms with Gasteiger partial charge >= 0.3 is 5.97 Å². The molecule has 2 heterocycles. The molecule has 0 spiro atoms. The Hall–Kier alpha value is -2.67. The molecule has 0 radical (unpaired) electrons. The van der Waals surface area contributed by atoms with Crippen molar-refractivity contribution >= 4 is 28.2 Å². The smallest absolute Gasteiger partial charge is 0.303 e. The maximum Gasteiger partial charge on any atom is 0.303 e. The lowest BCUT2D eigenvalue weighted by Gasteiger charge is -2.03. The van der Waals surface area contributed by atoms with Gasteiger partial charge in [-0.2, -0.15) is 0 Å². The van der Waals surface area contributed by atoms with Crippen molar-refractivity contribution in [2.45, 2.75) is 19.3 Å². The van der Waals surface area contributed by atoms with E-state index in [1.807, 2.05) is 46.3 Å². The number of carbonyl (C=O) groups is 2. The molecule has 0 aliphatic heterocycles. The van der Waals surface area contributed by atoms with Crippen LogP contribution < -0.4 is 5.32 Å². The molecular formula is C17H17N3O3S. The van der Waals surface area contributed by atoms with Crippen LogP contribution in [0.1, 0.15) is 18.5 Å². The van der Waals surface area contributed by atoms with Crippen LogP contribution in [0.4, 0.5) is 0 Å². The van der Waals surface area contributed by atoms with E-state index in [1.54, 1.807) is 0 Å². The van der Waals surface area contributed by atoms with Crippen molar-refractivity contribution in [3.8, 4) is 11.3 Å². The summed E-state index contributed by atoms with van der Waals surface area (Å²) in [4.78, 5) is 27.9. The van der Waals surface area contributed by atoms with Crippen LogP contribution in [-0.4, -0.2) is 32.9 Å². The summed E-state index contributed by atoms with van der Waals surface area (Å²) in [5.74, 6) is -0.967. The van der Waals surface area contributed by atoms with Gasteiger partial charge in [0.2, 0.25) is 5.91 Å². The molecule has 24 heavy (non-hydrogen) atoms. The summed E-state index contributed by atoms with van der Waals surface area (Å²) >= 11 is 1.50. The lowest BCUT2D eigenvalue weighted by molar-refractivity contribution is -0.137. The van der Waals surface area contributed by atoms with Gasteiger partial charge in [0.15, 0.2) is 4.96 Å². The highest BCUT2D eigenvalue weighted by Crippen LogP contribution is 2.23. The molecule has 1 aromatic carbocycles. The third kappa shape index (κ3) is 3.80. The van der Waals surface area contributed by atoms with Crippen molar-refractivity contribution in [1.82, 2.24) is 14.7 Å². The quantitative estimate of drug-likeness (QED) is 0.646. The Morgan fingerprint density at radius 2 is 2.04 bits per heavy atom. The maximum atomic E-state index is 12.0. The van der Waals surface area contributed by atoms with Crippen LogP contribution >= 0.6 is 11.3 Å². The van der Waals surface area contributed by atoms with Crippen LogP contribution in [0.2, 0.25) is 0 Å². The molecule has 2 aromatic heterocycles. The highest BCUT2D eigenvalue weighted by Gasteiger charge is 2.12. The van der Waals surface area contributed by atoms with Gasteiger partial charge in [0.05, 0.1) is 12.1 Å². The number of rotatable bonds is 7. The predicted molar refractivity (Wildman–Crippen MR) is 92.1 cm³/mol. The molecule has 3 rings (SSSR count). The molecule has 7 heteroatoms. The molecule has 2 N–H and O–H groups in total. The first kappa shape index (κ1) is 16.2. The third-order valence-corrected chi connectivity index (χ3v) is 4.47. The van der Waals surface area contributed by atoms with E-state index in [4.69, 9.17) is 5.11 Å². The van der Waals surface area contributed by atoms with Crippen LogP contribution in [0.25, 0.3) is 16.2 Å². The number of amides is 1. The van der Waals surface area contributed by atoms with Gasteiger partial charge in [0.1, 0.15) is 0 Å². The molecule has 0 atom stereocenters. The maximum absolute atomic E-state index is 12.0. The molecular weight excluding hydrogens is 326 g/mol. The van der Waals surface area contributed by atoms with Crippen LogP contribution in [0.3, 0.4) is 0 Å². The Kier molecular flexibility index (Phi) is 4.90. The standard InChI is InChI=1S/C17H17N3O3S/c21-15(18-8-4-7-16(22)23)9-13-11-24-17-19-14(10-20(13)17)12-5-2-1-3-6-12/h1-3,5-6,10-11H,4,7-9H2,(H,18,21)(H,22,23). The van der Waals surface area contributed by atoms with Crippen LogP contribution in [0, 0.1) is 0 Å².